The van der Waals surface area contributed by atoms with Crippen LogP contribution in [0.1, 0.15) is 94.3 Å². The topological polar surface area (TPSA) is 136 Å². The number of fused-ring (bicyclic) bond motifs is 3. The Kier molecular flexibility index (Phi) is 8.67. The van der Waals surface area contributed by atoms with Gasteiger partial charge >= 0.3 is 12.2 Å². The van der Waals surface area contributed by atoms with Gasteiger partial charge in [0, 0.05) is 35.1 Å². The highest BCUT2D eigenvalue weighted by Crippen LogP contribution is 2.47. The predicted octanol–water partition coefficient (Wildman–Crippen LogP) is 5.98. The van der Waals surface area contributed by atoms with Crippen molar-refractivity contribution in [2.45, 2.75) is 89.0 Å². The monoisotopic (exact) mass is 608 g/mol. The fourth-order valence-corrected chi connectivity index (χ4v) is 6.75. The Balaban J connectivity index is 1.56. The molecule has 5 rings (SSSR count). The first-order valence-corrected chi connectivity index (χ1v) is 16.2. The van der Waals surface area contributed by atoms with Gasteiger partial charge in [-0.25, -0.2) is 22.7 Å². The summed E-state index contributed by atoms with van der Waals surface area (Å²) in [4.78, 5) is 30.7. The molecule has 2 atom stereocenters. The quantitative estimate of drug-likeness (QED) is 0.272. The molecule has 2 aliphatic rings. The molecule has 0 radical (unpaired) electrons. The molecular formula is C32H40N4O6S. The first-order valence-electron chi connectivity index (χ1n) is 14.7. The molecule has 10 nitrogen and oxygen atoms in total. The van der Waals surface area contributed by atoms with E-state index in [1.807, 2.05) is 50.2 Å². The van der Waals surface area contributed by atoms with Crippen LogP contribution in [0.3, 0.4) is 0 Å². The van der Waals surface area contributed by atoms with Crippen LogP contribution in [-0.2, 0) is 26.1 Å². The van der Waals surface area contributed by atoms with Crippen molar-refractivity contribution < 1.29 is 27.5 Å². The fraction of sp³-hybridized carbons (Fsp3) is 0.469. The van der Waals surface area contributed by atoms with Gasteiger partial charge in [0.05, 0.1) is 17.0 Å². The minimum atomic E-state index is -3.92. The molecule has 0 spiro atoms. The molecule has 0 bridgehead atoms. The van der Waals surface area contributed by atoms with E-state index >= 15 is 0 Å². The van der Waals surface area contributed by atoms with E-state index in [2.05, 4.69) is 15.4 Å². The zero-order valence-electron chi connectivity index (χ0n) is 25.3. The van der Waals surface area contributed by atoms with Gasteiger partial charge in [-0.2, -0.15) is 0 Å². The van der Waals surface area contributed by atoms with Gasteiger partial charge < -0.3 is 20.1 Å². The number of hydrogen-bond donors (Lipinski definition) is 3. The Labute approximate surface area is 253 Å². The van der Waals surface area contributed by atoms with E-state index in [1.54, 1.807) is 33.0 Å². The van der Waals surface area contributed by atoms with Crippen molar-refractivity contribution in [3.05, 3.63) is 71.0 Å². The Hall–Kier alpha value is -3.70. The van der Waals surface area contributed by atoms with E-state index in [0.717, 1.165) is 24.1 Å². The molecule has 2 aliphatic carbocycles. The molecule has 0 saturated heterocycles. The van der Waals surface area contributed by atoms with Crippen LogP contribution in [0.5, 0.6) is 0 Å². The van der Waals surface area contributed by atoms with Crippen molar-refractivity contribution in [2.24, 2.45) is 5.92 Å². The molecule has 1 saturated carbocycles. The minimum absolute atomic E-state index is 0.0795. The maximum absolute atomic E-state index is 13.7. The number of carbonyl (C=O) groups is 2. The standard InChI is InChI=1S/C32H40N4O6S/c1-19(2)16-34-43(39,40)28-14-23-26(35-30(37)41-18-20-9-7-6-8-10-20)15-27(36-31(38)42-32(3,4)5)29(23)24-17-33-25(13-22(24)28)21-11-12-21/h6-10,13-14,17,19,21,26-27,34H,11-12,15-16,18H2,1-5H3,(H,35,37)(H,36,38). The number of sulfonamides is 1. The number of rotatable bonds is 9. The molecule has 2 aromatic carbocycles. The van der Waals surface area contributed by atoms with Crippen molar-refractivity contribution in [1.82, 2.24) is 20.3 Å². The maximum Gasteiger partial charge on any atom is 0.408 e. The lowest BCUT2D eigenvalue weighted by Gasteiger charge is -2.23. The van der Waals surface area contributed by atoms with E-state index in [0.29, 0.717) is 27.8 Å². The van der Waals surface area contributed by atoms with Gasteiger partial charge in [-0.05, 0) is 74.8 Å². The molecule has 11 heteroatoms. The van der Waals surface area contributed by atoms with Gasteiger partial charge in [0.15, 0.2) is 0 Å². The summed E-state index contributed by atoms with van der Waals surface area (Å²) in [6.07, 6.45) is 2.73. The van der Waals surface area contributed by atoms with E-state index in [4.69, 9.17) is 14.5 Å². The molecular weight excluding hydrogens is 568 g/mol. The lowest BCUT2D eigenvalue weighted by atomic mass is 9.98. The number of ether oxygens (including phenoxy) is 2. The highest BCUT2D eigenvalue weighted by Gasteiger charge is 2.38. The third-order valence-corrected chi connectivity index (χ3v) is 8.90. The van der Waals surface area contributed by atoms with Crippen LogP contribution in [0, 0.1) is 5.92 Å². The molecule has 2 amide bonds. The second kappa shape index (κ2) is 12.1. The van der Waals surface area contributed by atoms with Crippen LogP contribution in [0.15, 0.2) is 53.6 Å². The normalized spacial score (nSPS) is 18.4. The minimum Gasteiger partial charge on any atom is -0.445 e. The molecule has 43 heavy (non-hydrogen) atoms. The highest BCUT2D eigenvalue weighted by molar-refractivity contribution is 7.89. The number of carbonyl (C=O) groups excluding carboxylic acids is 2. The van der Waals surface area contributed by atoms with Gasteiger partial charge in [0.25, 0.3) is 0 Å². The van der Waals surface area contributed by atoms with Crippen LogP contribution in [0.4, 0.5) is 9.59 Å². The number of nitrogens with one attached hydrogen (secondary N) is 3. The summed E-state index contributed by atoms with van der Waals surface area (Å²) in [6, 6.07) is 11.6. The van der Waals surface area contributed by atoms with Crippen molar-refractivity contribution in [2.75, 3.05) is 6.54 Å². The summed E-state index contributed by atoms with van der Waals surface area (Å²) in [5.41, 5.74) is 2.25. The van der Waals surface area contributed by atoms with Crippen LogP contribution < -0.4 is 15.4 Å². The average Bonchev–Trinajstić information content (AvgIpc) is 3.73. The number of benzene rings is 2. The third kappa shape index (κ3) is 7.45. The lowest BCUT2D eigenvalue weighted by Crippen LogP contribution is -2.35. The van der Waals surface area contributed by atoms with Gasteiger partial charge in [-0.15, -0.1) is 0 Å². The van der Waals surface area contributed by atoms with Crippen molar-refractivity contribution in [1.29, 1.82) is 0 Å². The molecule has 0 aliphatic heterocycles. The summed E-state index contributed by atoms with van der Waals surface area (Å²) in [6.45, 7) is 9.57. The Morgan fingerprint density at radius 1 is 1.00 bits per heavy atom. The van der Waals surface area contributed by atoms with Gasteiger partial charge in [0.2, 0.25) is 10.0 Å². The SMILES string of the molecule is CC(C)CNS(=O)(=O)c1cc2c(c3cnc(C4CC4)cc13)C(NC(=O)OC(C)(C)C)CC2NC(=O)OCc1ccccc1. The molecule has 230 valence electrons. The fourth-order valence-electron chi connectivity index (χ4n) is 5.30. The van der Waals surface area contributed by atoms with E-state index in [9.17, 15) is 18.0 Å². The van der Waals surface area contributed by atoms with Gasteiger partial charge in [-0.3, -0.25) is 4.98 Å². The number of alkyl carbamates (subject to hydrolysis) is 2. The summed E-state index contributed by atoms with van der Waals surface area (Å²) in [5, 5.41) is 6.99. The van der Waals surface area contributed by atoms with E-state index in [-0.39, 0.29) is 30.4 Å². The smallest absolute Gasteiger partial charge is 0.408 e. The highest BCUT2D eigenvalue weighted by atomic mass is 32.2. The first kappa shape index (κ1) is 30.7. The number of pyridine rings is 1. The molecule has 2 unspecified atom stereocenters. The summed E-state index contributed by atoms with van der Waals surface area (Å²) in [5.74, 6) is 0.414. The first-order chi connectivity index (χ1) is 20.3. The molecule has 3 N–H and O–H groups in total. The summed E-state index contributed by atoms with van der Waals surface area (Å²) < 4.78 is 41.2. The number of aromatic nitrogens is 1. The van der Waals surface area contributed by atoms with Crippen molar-refractivity contribution >= 4 is 33.0 Å². The van der Waals surface area contributed by atoms with Gasteiger partial charge in [-0.1, -0.05) is 44.2 Å². The summed E-state index contributed by atoms with van der Waals surface area (Å²) in [7, 11) is -3.92. The van der Waals surface area contributed by atoms with Crippen molar-refractivity contribution in [3.63, 3.8) is 0 Å². The third-order valence-electron chi connectivity index (χ3n) is 7.44. The molecule has 3 aromatic rings. The largest absolute Gasteiger partial charge is 0.445 e. The lowest BCUT2D eigenvalue weighted by molar-refractivity contribution is 0.0502. The maximum atomic E-state index is 13.7. The molecule has 1 fully saturated rings. The number of hydrogen-bond acceptors (Lipinski definition) is 7. The van der Waals surface area contributed by atoms with Crippen LogP contribution in [-0.4, -0.2) is 37.7 Å². The van der Waals surface area contributed by atoms with Crippen LogP contribution >= 0.6 is 0 Å². The zero-order chi connectivity index (χ0) is 30.9. The molecule has 1 heterocycles. The van der Waals surface area contributed by atoms with Crippen LogP contribution in [0.2, 0.25) is 0 Å². The second-order valence-electron chi connectivity index (χ2n) is 12.7. The number of amides is 2. The average molecular weight is 609 g/mol. The predicted molar refractivity (Wildman–Crippen MR) is 163 cm³/mol. The second-order valence-corrected chi connectivity index (χ2v) is 14.5. The zero-order valence-corrected chi connectivity index (χ0v) is 26.1. The van der Waals surface area contributed by atoms with Crippen LogP contribution in [0.25, 0.3) is 10.8 Å². The van der Waals surface area contributed by atoms with Gasteiger partial charge in [0.1, 0.15) is 12.2 Å². The Bertz CT molecular complexity index is 1610. The molecule has 1 aromatic heterocycles. The Morgan fingerprint density at radius 2 is 1.70 bits per heavy atom. The Morgan fingerprint density at radius 3 is 2.35 bits per heavy atom. The summed E-state index contributed by atoms with van der Waals surface area (Å²) >= 11 is 0. The number of nitrogens with zero attached hydrogens (tertiary/aromatic N) is 1. The van der Waals surface area contributed by atoms with E-state index < -0.39 is 39.9 Å². The van der Waals surface area contributed by atoms with Crippen molar-refractivity contribution in [3.8, 4) is 0 Å². The van der Waals surface area contributed by atoms with E-state index in [1.165, 1.54) is 0 Å².